The van der Waals surface area contributed by atoms with Crippen molar-refractivity contribution < 1.29 is 4.74 Å². The fraction of sp³-hybridized carbons (Fsp3) is 0.267. The minimum atomic E-state index is 0.182. The first kappa shape index (κ1) is 12.4. The molecule has 0 amide bonds. The molecular formula is C15H18N2O. The predicted molar refractivity (Wildman–Crippen MR) is 74.6 cm³/mol. The summed E-state index contributed by atoms with van der Waals surface area (Å²) < 4.78 is 5.62. The molecule has 2 N–H and O–H groups in total. The molecule has 0 saturated carbocycles. The summed E-state index contributed by atoms with van der Waals surface area (Å²) in [7, 11) is 0. The molecule has 2 aromatic rings. The maximum absolute atomic E-state index is 5.93. The number of nitrogen functional groups attached to an aromatic ring is 1. The summed E-state index contributed by atoms with van der Waals surface area (Å²) in [6.07, 6.45) is 1.91. The number of aryl methyl sites for hydroxylation is 1. The highest BCUT2D eigenvalue weighted by molar-refractivity contribution is 5.76. The summed E-state index contributed by atoms with van der Waals surface area (Å²) in [5.74, 6) is 1.43. The second kappa shape index (κ2) is 5.08. The van der Waals surface area contributed by atoms with Crippen molar-refractivity contribution in [3.05, 3.63) is 42.1 Å². The Kier molecular flexibility index (Phi) is 3.51. The Morgan fingerprint density at radius 3 is 2.33 bits per heavy atom. The summed E-state index contributed by atoms with van der Waals surface area (Å²) in [4.78, 5) is 4.13. The predicted octanol–water partition coefficient (Wildman–Crippen LogP) is 3.43. The van der Waals surface area contributed by atoms with Crippen LogP contribution in [0.2, 0.25) is 0 Å². The van der Waals surface area contributed by atoms with Crippen molar-refractivity contribution in [2.24, 2.45) is 0 Å². The molecule has 0 atom stereocenters. The van der Waals surface area contributed by atoms with Gasteiger partial charge < -0.3 is 10.5 Å². The van der Waals surface area contributed by atoms with Crippen LogP contribution in [0.25, 0.3) is 11.1 Å². The van der Waals surface area contributed by atoms with Crippen LogP contribution in [0.3, 0.4) is 0 Å². The first-order valence-corrected chi connectivity index (χ1v) is 6.06. The number of nitrogens with two attached hydrogens (primary N) is 1. The molecular weight excluding hydrogens is 224 g/mol. The van der Waals surface area contributed by atoms with E-state index in [1.807, 2.05) is 51.1 Å². The lowest BCUT2D eigenvalue weighted by atomic mass is 10.0. The van der Waals surface area contributed by atoms with E-state index in [-0.39, 0.29) is 6.10 Å². The SMILES string of the molecule is Cc1ccnc(N)c1-c1ccc(OC(C)C)cc1. The Balaban J connectivity index is 2.35. The van der Waals surface area contributed by atoms with Gasteiger partial charge in [-0.1, -0.05) is 12.1 Å². The summed E-state index contributed by atoms with van der Waals surface area (Å²) >= 11 is 0. The first-order valence-electron chi connectivity index (χ1n) is 6.06. The van der Waals surface area contributed by atoms with Gasteiger partial charge in [0.25, 0.3) is 0 Å². The standard InChI is InChI=1S/C15H18N2O/c1-10(2)18-13-6-4-12(5-7-13)14-11(3)8-9-17-15(14)16/h4-10H,1-3H3,(H2,16,17). The third kappa shape index (κ3) is 2.62. The average molecular weight is 242 g/mol. The number of pyridine rings is 1. The fourth-order valence-corrected chi connectivity index (χ4v) is 1.93. The number of hydrogen-bond acceptors (Lipinski definition) is 3. The number of rotatable bonds is 3. The van der Waals surface area contributed by atoms with Crippen LogP contribution < -0.4 is 10.5 Å². The van der Waals surface area contributed by atoms with Crippen molar-refractivity contribution in [1.82, 2.24) is 4.98 Å². The zero-order chi connectivity index (χ0) is 13.1. The van der Waals surface area contributed by atoms with Gasteiger partial charge in [-0.15, -0.1) is 0 Å². The maximum atomic E-state index is 5.93. The van der Waals surface area contributed by atoms with E-state index < -0.39 is 0 Å². The van der Waals surface area contributed by atoms with Gasteiger partial charge in [0, 0.05) is 11.8 Å². The highest BCUT2D eigenvalue weighted by atomic mass is 16.5. The van der Waals surface area contributed by atoms with Crippen molar-refractivity contribution in [3.8, 4) is 16.9 Å². The Morgan fingerprint density at radius 2 is 1.78 bits per heavy atom. The van der Waals surface area contributed by atoms with Gasteiger partial charge >= 0.3 is 0 Å². The van der Waals surface area contributed by atoms with Gasteiger partial charge in [-0.25, -0.2) is 4.98 Å². The van der Waals surface area contributed by atoms with Gasteiger partial charge in [0.05, 0.1) is 6.10 Å². The quantitative estimate of drug-likeness (QED) is 0.897. The third-order valence-corrected chi connectivity index (χ3v) is 2.70. The second-order valence-electron chi connectivity index (χ2n) is 4.58. The monoisotopic (exact) mass is 242 g/mol. The van der Waals surface area contributed by atoms with E-state index >= 15 is 0 Å². The minimum Gasteiger partial charge on any atom is -0.491 e. The number of nitrogens with zero attached hydrogens (tertiary/aromatic N) is 1. The van der Waals surface area contributed by atoms with Crippen molar-refractivity contribution in [3.63, 3.8) is 0 Å². The molecule has 0 bridgehead atoms. The highest BCUT2D eigenvalue weighted by Gasteiger charge is 2.07. The maximum Gasteiger partial charge on any atom is 0.131 e. The summed E-state index contributed by atoms with van der Waals surface area (Å²) in [5, 5.41) is 0. The van der Waals surface area contributed by atoms with Crippen LogP contribution >= 0.6 is 0 Å². The van der Waals surface area contributed by atoms with Crippen LogP contribution in [-0.4, -0.2) is 11.1 Å². The smallest absolute Gasteiger partial charge is 0.131 e. The Morgan fingerprint density at radius 1 is 1.11 bits per heavy atom. The molecule has 0 aliphatic rings. The second-order valence-corrected chi connectivity index (χ2v) is 4.58. The third-order valence-electron chi connectivity index (χ3n) is 2.70. The molecule has 0 fully saturated rings. The van der Waals surface area contributed by atoms with Crippen LogP contribution in [0.5, 0.6) is 5.75 Å². The molecule has 1 aromatic carbocycles. The van der Waals surface area contributed by atoms with E-state index in [0.29, 0.717) is 5.82 Å². The number of anilines is 1. The number of hydrogen-bond donors (Lipinski definition) is 1. The topological polar surface area (TPSA) is 48.1 Å². The summed E-state index contributed by atoms with van der Waals surface area (Å²) in [5.41, 5.74) is 9.11. The van der Waals surface area contributed by atoms with Crippen LogP contribution in [0.1, 0.15) is 19.4 Å². The Labute approximate surface area is 108 Å². The van der Waals surface area contributed by atoms with E-state index in [0.717, 1.165) is 22.4 Å². The van der Waals surface area contributed by atoms with E-state index in [1.54, 1.807) is 6.20 Å². The van der Waals surface area contributed by atoms with Crippen LogP contribution in [-0.2, 0) is 0 Å². The van der Waals surface area contributed by atoms with Gasteiger partial charge in [0.2, 0.25) is 0 Å². The molecule has 0 spiro atoms. The van der Waals surface area contributed by atoms with E-state index in [9.17, 15) is 0 Å². The van der Waals surface area contributed by atoms with Gasteiger partial charge in [0.1, 0.15) is 11.6 Å². The molecule has 0 radical (unpaired) electrons. The lowest BCUT2D eigenvalue weighted by Gasteiger charge is -2.12. The molecule has 94 valence electrons. The fourth-order valence-electron chi connectivity index (χ4n) is 1.93. The van der Waals surface area contributed by atoms with Crippen LogP contribution in [0.15, 0.2) is 36.5 Å². The van der Waals surface area contributed by atoms with Gasteiger partial charge in [-0.2, -0.15) is 0 Å². The number of benzene rings is 1. The molecule has 1 heterocycles. The Hall–Kier alpha value is -2.03. The molecule has 0 aliphatic heterocycles. The van der Waals surface area contributed by atoms with Gasteiger partial charge in [-0.3, -0.25) is 0 Å². The number of aromatic nitrogens is 1. The molecule has 1 aromatic heterocycles. The minimum absolute atomic E-state index is 0.182. The van der Waals surface area contributed by atoms with Crippen LogP contribution in [0, 0.1) is 6.92 Å². The van der Waals surface area contributed by atoms with Gasteiger partial charge in [-0.05, 0) is 50.1 Å². The summed E-state index contributed by atoms with van der Waals surface area (Å²) in [6, 6.07) is 9.91. The lowest BCUT2D eigenvalue weighted by molar-refractivity contribution is 0.242. The van der Waals surface area contributed by atoms with Crippen molar-refractivity contribution >= 4 is 5.82 Å². The lowest BCUT2D eigenvalue weighted by Crippen LogP contribution is -2.05. The van der Waals surface area contributed by atoms with Crippen molar-refractivity contribution in [2.75, 3.05) is 5.73 Å². The molecule has 18 heavy (non-hydrogen) atoms. The highest BCUT2D eigenvalue weighted by Crippen LogP contribution is 2.29. The normalized spacial score (nSPS) is 10.7. The van der Waals surface area contributed by atoms with Gasteiger partial charge in [0.15, 0.2) is 0 Å². The molecule has 0 aliphatic carbocycles. The molecule has 0 unspecified atom stereocenters. The zero-order valence-electron chi connectivity index (χ0n) is 11.0. The van der Waals surface area contributed by atoms with Crippen molar-refractivity contribution in [1.29, 1.82) is 0 Å². The van der Waals surface area contributed by atoms with Crippen molar-refractivity contribution in [2.45, 2.75) is 26.9 Å². The number of ether oxygens (including phenoxy) is 1. The Bertz CT molecular complexity index is 512. The average Bonchev–Trinajstić information content (AvgIpc) is 2.30. The molecule has 3 nitrogen and oxygen atoms in total. The van der Waals surface area contributed by atoms with E-state index in [4.69, 9.17) is 10.5 Å². The molecule has 3 heteroatoms. The largest absolute Gasteiger partial charge is 0.491 e. The molecule has 2 rings (SSSR count). The zero-order valence-corrected chi connectivity index (χ0v) is 11.0. The molecule has 0 saturated heterocycles. The van der Waals surface area contributed by atoms with E-state index in [1.165, 1.54) is 0 Å². The van der Waals surface area contributed by atoms with E-state index in [2.05, 4.69) is 4.98 Å². The first-order chi connectivity index (χ1) is 8.58. The van der Waals surface area contributed by atoms with Crippen LogP contribution in [0.4, 0.5) is 5.82 Å². The summed E-state index contributed by atoms with van der Waals surface area (Å²) in [6.45, 7) is 6.06.